The number of nitrogens with one attached hydrogen (secondary N) is 1. The van der Waals surface area contributed by atoms with Crippen LogP contribution in [0.2, 0.25) is 10.0 Å². The van der Waals surface area contributed by atoms with E-state index in [2.05, 4.69) is 10.5 Å². The third kappa shape index (κ3) is 5.22. The molecule has 132 valence electrons. The fourth-order valence-electron chi connectivity index (χ4n) is 2.14. The minimum absolute atomic E-state index is 0.258. The summed E-state index contributed by atoms with van der Waals surface area (Å²) in [6.45, 7) is 0.382. The maximum atomic E-state index is 12.9. The van der Waals surface area contributed by atoms with E-state index in [0.717, 1.165) is 22.6 Å². The first-order chi connectivity index (χ1) is 12.6. The number of benzene rings is 3. The van der Waals surface area contributed by atoms with Gasteiger partial charge in [-0.25, -0.2) is 4.39 Å². The summed E-state index contributed by atoms with van der Waals surface area (Å²) < 4.78 is 18.5. The highest BCUT2D eigenvalue weighted by Gasteiger charge is 1.99. The van der Waals surface area contributed by atoms with E-state index in [1.165, 1.54) is 12.1 Å². The Bertz CT molecular complexity index is 897. The molecule has 0 spiro atoms. The predicted octanol–water partition coefficient (Wildman–Crippen LogP) is 6.16. The average Bonchev–Trinajstić information content (AvgIpc) is 2.65. The summed E-state index contributed by atoms with van der Waals surface area (Å²) in [6.07, 6.45) is 1.69. The van der Waals surface area contributed by atoms with Crippen molar-refractivity contribution in [1.29, 1.82) is 0 Å². The van der Waals surface area contributed by atoms with Gasteiger partial charge in [0, 0.05) is 0 Å². The highest BCUT2D eigenvalue weighted by molar-refractivity contribution is 6.42. The first-order valence-electron chi connectivity index (χ1n) is 7.81. The summed E-state index contributed by atoms with van der Waals surface area (Å²) in [6, 6.07) is 18.9. The van der Waals surface area contributed by atoms with Crippen molar-refractivity contribution in [3.05, 3.63) is 93.7 Å². The standard InChI is InChI=1S/C20H15Cl2FN2O/c21-19-10-7-17(11-20(19)22)25-24-12-14-3-8-18(9-4-14)26-13-15-1-5-16(23)6-2-15/h1-12,25H,13H2. The van der Waals surface area contributed by atoms with Crippen molar-refractivity contribution in [1.82, 2.24) is 0 Å². The highest BCUT2D eigenvalue weighted by Crippen LogP contribution is 2.25. The van der Waals surface area contributed by atoms with Gasteiger partial charge >= 0.3 is 0 Å². The Morgan fingerprint density at radius 1 is 0.923 bits per heavy atom. The van der Waals surface area contributed by atoms with Crippen molar-refractivity contribution >= 4 is 35.1 Å². The quantitative estimate of drug-likeness (QED) is 0.405. The van der Waals surface area contributed by atoms with Crippen LogP contribution in [0.5, 0.6) is 5.75 Å². The fraction of sp³-hybridized carbons (Fsp3) is 0.0500. The van der Waals surface area contributed by atoms with Gasteiger partial charge < -0.3 is 4.74 Å². The number of hydrogen-bond acceptors (Lipinski definition) is 3. The smallest absolute Gasteiger partial charge is 0.123 e. The molecule has 0 saturated carbocycles. The molecule has 1 N–H and O–H groups in total. The molecule has 0 atom stereocenters. The topological polar surface area (TPSA) is 33.6 Å². The van der Waals surface area contributed by atoms with Crippen LogP contribution in [0.25, 0.3) is 0 Å². The van der Waals surface area contributed by atoms with Crippen LogP contribution in [0.3, 0.4) is 0 Å². The Hall–Kier alpha value is -2.56. The molecule has 0 radical (unpaired) electrons. The van der Waals surface area contributed by atoms with Gasteiger partial charge in [-0.15, -0.1) is 0 Å². The number of nitrogens with zero attached hydrogens (tertiary/aromatic N) is 1. The molecule has 0 unspecified atom stereocenters. The number of hydrogen-bond donors (Lipinski definition) is 1. The van der Waals surface area contributed by atoms with E-state index in [4.69, 9.17) is 27.9 Å². The maximum Gasteiger partial charge on any atom is 0.123 e. The molecule has 3 aromatic rings. The van der Waals surface area contributed by atoms with E-state index in [1.54, 1.807) is 36.5 Å². The monoisotopic (exact) mass is 388 g/mol. The SMILES string of the molecule is Fc1ccc(COc2ccc(C=NNc3ccc(Cl)c(Cl)c3)cc2)cc1. The lowest BCUT2D eigenvalue weighted by atomic mass is 10.2. The minimum Gasteiger partial charge on any atom is -0.489 e. The van der Waals surface area contributed by atoms with Gasteiger partial charge in [0.2, 0.25) is 0 Å². The molecule has 0 aliphatic carbocycles. The van der Waals surface area contributed by atoms with E-state index in [-0.39, 0.29) is 5.82 Å². The molecule has 0 aliphatic rings. The lowest BCUT2D eigenvalue weighted by Gasteiger charge is -2.06. The lowest BCUT2D eigenvalue weighted by Crippen LogP contribution is -1.96. The Morgan fingerprint density at radius 2 is 1.65 bits per heavy atom. The molecule has 0 fully saturated rings. The van der Waals surface area contributed by atoms with Gasteiger partial charge in [0.25, 0.3) is 0 Å². The Labute approximate surface area is 161 Å². The molecule has 3 nitrogen and oxygen atoms in total. The summed E-state index contributed by atoms with van der Waals surface area (Å²) >= 11 is 11.8. The molecule has 0 aliphatic heterocycles. The van der Waals surface area contributed by atoms with E-state index in [9.17, 15) is 4.39 Å². The summed E-state index contributed by atoms with van der Waals surface area (Å²) in [7, 11) is 0. The second-order valence-corrected chi connectivity index (χ2v) is 6.30. The molecule has 0 aromatic heterocycles. The molecule has 6 heteroatoms. The zero-order chi connectivity index (χ0) is 18.4. The normalized spacial score (nSPS) is 10.9. The summed E-state index contributed by atoms with van der Waals surface area (Å²) in [4.78, 5) is 0. The van der Waals surface area contributed by atoms with Crippen LogP contribution in [-0.2, 0) is 6.61 Å². The number of halogens is 3. The van der Waals surface area contributed by atoms with Gasteiger partial charge in [0.05, 0.1) is 21.9 Å². The van der Waals surface area contributed by atoms with Crippen molar-refractivity contribution in [3.8, 4) is 5.75 Å². The molecule has 3 aromatic carbocycles. The summed E-state index contributed by atoms with van der Waals surface area (Å²) in [5, 5.41) is 5.13. The van der Waals surface area contributed by atoms with Gasteiger partial charge in [-0.1, -0.05) is 35.3 Å². The third-order valence-electron chi connectivity index (χ3n) is 3.53. The zero-order valence-corrected chi connectivity index (χ0v) is 15.1. The van der Waals surface area contributed by atoms with Crippen LogP contribution in [-0.4, -0.2) is 6.21 Å². The van der Waals surface area contributed by atoms with Crippen molar-refractivity contribution < 1.29 is 9.13 Å². The second kappa shape index (κ2) is 8.70. The molecule has 26 heavy (non-hydrogen) atoms. The minimum atomic E-state index is -0.258. The van der Waals surface area contributed by atoms with Gasteiger partial charge in [-0.2, -0.15) is 5.10 Å². The van der Waals surface area contributed by atoms with E-state index >= 15 is 0 Å². The first-order valence-corrected chi connectivity index (χ1v) is 8.57. The van der Waals surface area contributed by atoms with Gasteiger partial charge in [-0.3, -0.25) is 5.43 Å². The van der Waals surface area contributed by atoms with E-state index in [1.807, 2.05) is 24.3 Å². The largest absolute Gasteiger partial charge is 0.489 e. The van der Waals surface area contributed by atoms with Crippen LogP contribution in [0.4, 0.5) is 10.1 Å². The molecule has 3 rings (SSSR count). The van der Waals surface area contributed by atoms with Crippen LogP contribution in [0.1, 0.15) is 11.1 Å². The van der Waals surface area contributed by atoms with E-state index in [0.29, 0.717) is 16.7 Å². The van der Waals surface area contributed by atoms with Crippen molar-refractivity contribution in [3.63, 3.8) is 0 Å². The molecular weight excluding hydrogens is 374 g/mol. The predicted molar refractivity (Wildman–Crippen MR) is 105 cm³/mol. The Morgan fingerprint density at radius 3 is 2.35 bits per heavy atom. The number of hydrazone groups is 1. The Kier molecular flexibility index (Phi) is 6.10. The van der Waals surface area contributed by atoms with Crippen molar-refractivity contribution in [2.45, 2.75) is 6.61 Å². The van der Waals surface area contributed by atoms with Gasteiger partial charge in [0.1, 0.15) is 18.2 Å². The van der Waals surface area contributed by atoms with Crippen LogP contribution < -0.4 is 10.2 Å². The number of rotatable bonds is 6. The summed E-state index contributed by atoms with van der Waals surface area (Å²) in [5.74, 6) is 0.468. The van der Waals surface area contributed by atoms with Crippen LogP contribution >= 0.6 is 23.2 Å². The summed E-state index contributed by atoms with van der Waals surface area (Å²) in [5.41, 5.74) is 5.45. The molecule has 0 saturated heterocycles. The van der Waals surface area contributed by atoms with Gasteiger partial charge in [-0.05, 0) is 65.7 Å². The lowest BCUT2D eigenvalue weighted by molar-refractivity contribution is 0.306. The molecule has 0 amide bonds. The van der Waals surface area contributed by atoms with E-state index < -0.39 is 0 Å². The fourth-order valence-corrected chi connectivity index (χ4v) is 2.44. The molecular formula is C20H15Cl2FN2O. The zero-order valence-electron chi connectivity index (χ0n) is 13.6. The second-order valence-electron chi connectivity index (χ2n) is 5.48. The maximum absolute atomic E-state index is 12.9. The van der Waals surface area contributed by atoms with Crippen molar-refractivity contribution in [2.24, 2.45) is 5.10 Å². The highest BCUT2D eigenvalue weighted by atomic mass is 35.5. The first kappa shape index (κ1) is 18.2. The molecule has 0 heterocycles. The Balaban J connectivity index is 1.53. The van der Waals surface area contributed by atoms with Gasteiger partial charge in [0.15, 0.2) is 0 Å². The van der Waals surface area contributed by atoms with Crippen molar-refractivity contribution in [2.75, 3.05) is 5.43 Å². The third-order valence-corrected chi connectivity index (χ3v) is 4.26. The van der Waals surface area contributed by atoms with Crippen LogP contribution in [0, 0.1) is 5.82 Å². The molecule has 0 bridgehead atoms. The van der Waals surface area contributed by atoms with Crippen LogP contribution in [0.15, 0.2) is 71.8 Å². The number of ether oxygens (including phenoxy) is 1. The number of anilines is 1. The average molecular weight is 389 g/mol.